The molecular formula is C22H25ClN4O2. The first kappa shape index (κ1) is 19.9. The lowest BCUT2D eigenvalue weighted by atomic mass is 10.1. The summed E-state index contributed by atoms with van der Waals surface area (Å²) in [6.45, 7) is 5.65. The molecule has 29 heavy (non-hydrogen) atoms. The number of nitrogens with zero attached hydrogens (tertiary/aromatic N) is 3. The summed E-state index contributed by atoms with van der Waals surface area (Å²) in [5, 5.41) is 9.34. The Morgan fingerprint density at radius 1 is 1.10 bits per heavy atom. The number of benzene rings is 2. The van der Waals surface area contributed by atoms with Crippen LogP contribution in [0.5, 0.6) is 0 Å². The molecule has 0 atom stereocenters. The third kappa shape index (κ3) is 5.35. The fourth-order valence-electron chi connectivity index (χ4n) is 3.48. The van der Waals surface area contributed by atoms with E-state index in [0.717, 1.165) is 61.7 Å². The minimum Gasteiger partial charge on any atom is -0.379 e. The van der Waals surface area contributed by atoms with Crippen molar-refractivity contribution in [2.45, 2.75) is 13.0 Å². The number of rotatable bonds is 7. The Hall–Kier alpha value is -2.41. The van der Waals surface area contributed by atoms with Crippen molar-refractivity contribution in [1.82, 2.24) is 20.0 Å². The number of ether oxygens (including phenoxy) is 1. The highest BCUT2D eigenvalue weighted by atomic mass is 35.5. The first-order valence-corrected chi connectivity index (χ1v) is 10.4. The molecule has 0 aliphatic carbocycles. The van der Waals surface area contributed by atoms with Gasteiger partial charge < -0.3 is 10.1 Å². The van der Waals surface area contributed by atoms with Gasteiger partial charge in [-0.3, -0.25) is 14.4 Å². The van der Waals surface area contributed by atoms with E-state index in [2.05, 4.69) is 15.3 Å². The lowest BCUT2D eigenvalue weighted by molar-refractivity contribution is 0.0383. The van der Waals surface area contributed by atoms with Crippen LogP contribution in [0.1, 0.15) is 15.9 Å². The molecule has 0 unspecified atom stereocenters. The molecule has 1 aliphatic heterocycles. The highest BCUT2D eigenvalue weighted by Gasteiger charge is 2.12. The Bertz CT molecular complexity index is 965. The molecule has 0 radical (unpaired) electrons. The van der Waals surface area contributed by atoms with Crippen LogP contribution in [-0.2, 0) is 17.7 Å². The lowest BCUT2D eigenvalue weighted by Gasteiger charge is -2.26. The lowest BCUT2D eigenvalue weighted by Crippen LogP contribution is -2.41. The Labute approximate surface area is 175 Å². The Kier molecular flexibility index (Phi) is 6.44. The van der Waals surface area contributed by atoms with E-state index in [-0.39, 0.29) is 5.91 Å². The number of fused-ring (bicyclic) bond motifs is 1. The van der Waals surface area contributed by atoms with E-state index in [4.69, 9.17) is 16.3 Å². The highest BCUT2D eigenvalue weighted by Crippen LogP contribution is 2.16. The van der Waals surface area contributed by atoms with E-state index < -0.39 is 0 Å². The monoisotopic (exact) mass is 412 g/mol. The number of nitrogens with one attached hydrogen (secondary N) is 1. The van der Waals surface area contributed by atoms with Gasteiger partial charge in [0, 0.05) is 54.9 Å². The highest BCUT2D eigenvalue weighted by molar-refractivity contribution is 6.30. The maximum Gasteiger partial charge on any atom is 0.251 e. The quantitative estimate of drug-likeness (QED) is 0.648. The third-order valence-electron chi connectivity index (χ3n) is 5.17. The predicted octanol–water partition coefficient (Wildman–Crippen LogP) is 2.99. The number of hydrogen-bond acceptors (Lipinski definition) is 4. The van der Waals surface area contributed by atoms with Gasteiger partial charge in [0.25, 0.3) is 5.91 Å². The summed E-state index contributed by atoms with van der Waals surface area (Å²) in [6.07, 6.45) is 2.87. The van der Waals surface area contributed by atoms with E-state index in [1.165, 1.54) is 5.56 Å². The van der Waals surface area contributed by atoms with Gasteiger partial charge in [0.1, 0.15) is 0 Å². The van der Waals surface area contributed by atoms with Gasteiger partial charge in [0.15, 0.2) is 0 Å². The number of morpholine rings is 1. The van der Waals surface area contributed by atoms with Gasteiger partial charge in [0.05, 0.1) is 18.7 Å². The number of amides is 1. The minimum absolute atomic E-state index is 0.0472. The minimum atomic E-state index is -0.0472. The zero-order valence-electron chi connectivity index (χ0n) is 16.3. The van der Waals surface area contributed by atoms with E-state index in [1.807, 2.05) is 53.3 Å². The van der Waals surface area contributed by atoms with Gasteiger partial charge in [-0.15, -0.1) is 0 Å². The number of carbonyl (C=O) groups is 1. The standard InChI is InChI=1S/C22H25ClN4O2/c23-20-4-1-17(2-5-20)7-9-27-16-19-15-18(3-6-21(19)25-27)22(28)24-8-10-26-11-13-29-14-12-26/h1-6,15-16H,7-14H2,(H,24,28). The number of carbonyl (C=O) groups excluding carboxylic acids is 1. The summed E-state index contributed by atoms with van der Waals surface area (Å²) in [5.74, 6) is -0.0472. The Morgan fingerprint density at radius 2 is 1.90 bits per heavy atom. The van der Waals surface area contributed by atoms with Crippen molar-refractivity contribution in [1.29, 1.82) is 0 Å². The zero-order valence-corrected chi connectivity index (χ0v) is 17.1. The molecule has 0 saturated carbocycles. The molecule has 2 heterocycles. The van der Waals surface area contributed by atoms with Crippen molar-refractivity contribution < 1.29 is 9.53 Å². The summed E-state index contributed by atoms with van der Waals surface area (Å²) < 4.78 is 7.27. The summed E-state index contributed by atoms with van der Waals surface area (Å²) in [5.41, 5.74) is 2.77. The zero-order chi connectivity index (χ0) is 20.1. The van der Waals surface area contributed by atoms with Gasteiger partial charge in [-0.2, -0.15) is 5.10 Å². The molecule has 6 nitrogen and oxygen atoms in total. The molecule has 152 valence electrons. The number of aryl methyl sites for hydroxylation is 2. The molecule has 7 heteroatoms. The van der Waals surface area contributed by atoms with Crippen LogP contribution in [0, 0.1) is 0 Å². The molecule has 1 N–H and O–H groups in total. The summed E-state index contributed by atoms with van der Waals surface area (Å²) in [6, 6.07) is 13.5. The van der Waals surface area contributed by atoms with Crippen LogP contribution in [-0.4, -0.2) is 60.0 Å². The summed E-state index contributed by atoms with van der Waals surface area (Å²) >= 11 is 5.94. The normalized spacial score (nSPS) is 14.9. The Balaban J connectivity index is 1.33. The van der Waals surface area contributed by atoms with E-state index in [1.54, 1.807) is 0 Å². The van der Waals surface area contributed by atoms with E-state index in [9.17, 15) is 4.79 Å². The summed E-state index contributed by atoms with van der Waals surface area (Å²) in [4.78, 5) is 14.8. The van der Waals surface area contributed by atoms with E-state index >= 15 is 0 Å². The average molecular weight is 413 g/mol. The van der Waals surface area contributed by atoms with Crippen LogP contribution < -0.4 is 5.32 Å². The topological polar surface area (TPSA) is 59.4 Å². The van der Waals surface area contributed by atoms with Crippen LogP contribution in [0.15, 0.2) is 48.7 Å². The van der Waals surface area contributed by atoms with Gasteiger partial charge in [-0.05, 0) is 42.3 Å². The van der Waals surface area contributed by atoms with Crippen molar-refractivity contribution in [2.75, 3.05) is 39.4 Å². The second kappa shape index (κ2) is 9.39. The average Bonchev–Trinajstić information content (AvgIpc) is 3.16. The second-order valence-corrected chi connectivity index (χ2v) is 7.69. The molecule has 1 amide bonds. The van der Waals surface area contributed by atoms with Gasteiger partial charge in [0.2, 0.25) is 0 Å². The van der Waals surface area contributed by atoms with E-state index in [0.29, 0.717) is 12.1 Å². The van der Waals surface area contributed by atoms with Gasteiger partial charge in [-0.25, -0.2) is 0 Å². The van der Waals surface area contributed by atoms with Crippen LogP contribution in [0.4, 0.5) is 0 Å². The maximum atomic E-state index is 12.5. The molecule has 1 aromatic heterocycles. The number of hydrogen-bond donors (Lipinski definition) is 1. The van der Waals surface area contributed by atoms with Crippen LogP contribution in [0.2, 0.25) is 5.02 Å². The molecular weight excluding hydrogens is 388 g/mol. The molecule has 3 aromatic rings. The molecule has 4 rings (SSSR count). The molecule has 2 aromatic carbocycles. The SMILES string of the molecule is O=C(NCCN1CCOCC1)c1ccc2nn(CCc3ccc(Cl)cc3)cc2c1. The first-order valence-electron chi connectivity index (χ1n) is 9.97. The smallest absolute Gasteiger partial charge is 0.251 e. The van der Waals surface area contributed by atoms with Gasteiger partial charge in [-0.1, -0.05) is 23.7 Å². The largest absolute Gasteiger partial charge is 0.379 e. The van der Waals surface area contributed by atoms with Crippen molar-refractivity contribution >= 4 is 28.4 Å². The molecule has 1 aliphatic rings. The second-order valence-electron chi connectivity index (χ2n) is 7.25. The Morgan fingerprint density at radius 3 is 2.69 bits per heavy atom. The fraction of sp³-hybridized carbons (Fsp3) is 0.364. The van der Waals surface area contributed by atoms with Crippen molar-refractivity contribution in [2.24, 2.45) is 0 Å². The van der Waals surface area contributed by atoms with Crippen molar-refractivity contribution in [3.05, 3.63) is 64.8 Å². The van der Waals surface area contributed by atoms with Crippen molar-refractivity contribution in [3.8, 4) is 0 Å². The van der Waals surface area contributed by atoms with Crippen LogP contribution in [0.25, 0.3) is 10.9 Å². The maximum absolute atomic E-state index is 12.5. The third-order valence-corrected chi connectivity index (χ3v) is 5.43. The predicted molar refractivity (Wildman–Crippen MR) is 114 cm³/mol. The van der Waals surface area contributed by atoms with Gasteiger partial charge >= 0.3 is 0 Å². The number of aromatic nitrogens is 2. The molecule has 0 bridgehead atoms. The fourth-order valence-corrected chi connectivity index (χ4v) is 3.61. The van der Waals surface area contributed by atoms with Crippen molar-refractivity contribution in [3.63, 3.8) is 0 Å². The molecule has 1 saturated heterocycles. The number of halogens is 1. The summed E-state index contributed by atoms with van der Waals surface area (Å²) in [7, 11) is 0. The molecule has 1 fully saturated rings. The van der Waals surface area contributed by atoms with Crippen LogP contribution >= 0.6 is 11.6 Å². The van der Waals surface area contributed by atoms with Crippen LogP contribution in [0.3, 0.4) is 0 Å². The first-order chi connectivity index (χ1) is 14.2. The molecule has 0 spiro atoms.